The standard InChI is InChI=1S/C21H23FN6O2.ClH/c1-2-30-18-9-7-17(8-10-18)24-20-25-19(23-16-5-3-15(22)4-6-16)26-21(27-20)28-11-13-29-14-12-28;/h3-10H,2,11-14H2,1H3,(H2,23,24,25,26,27);1H. The molecule has 0 radical (unpaired) electrons. The largest absolute Gasteiger partial charge is 0.494 e. The molecular weight excluding hydrogens is 423 g/mol. The molecule has 10 heteroatoms. The van der Waals surface area contributed by atoms with E-state index in [1.54, 1.807) is 12.1 Å². The minimum Gasteiger partial charge on any atom is -0.494 e. The molecule has 1 fully saturated rings. The van der Waals surface area contributed by atoms with Crippen LogP contribution >= 0.6 is 12.4 Å². The molecule has 1 saturated heterocycles. The number of morpholine rings is 1. The van der Waals surface area contributed by atoms with Crippen molar-refractivity contribution in [3.63, 3.8) is 0 Å². The summed E-state index contributed by atoms with van der Waals surface area (Å²) in [5.74, 6) is 1.81. The Morgan fingerprint density at radius 2 is 1.45 bits per heavy atom. The van der Waals surface area contributed by atoms with Gasteiger partial charge >= 0.3 is 0 Å². The fraction of sp³-hybridized carbons (Fsp3) is 0.286. The predicted octanol–water partition coefficient (Wildman–Crippen LogP) is 4.16. The highest BCUT2D eigenvalue weighted by Gasteiger charge is 2.17. The zero-order valence-corrected chi connectivity index (χ0v) is 17.9. The summed E-state index contributed by atoms with van der Waals surface area (Å²) in [5.41, 5.74) is 1.51. The van der Waals surface area contributed by atoms with Crippen molar-refractivity contribution in [1.29, 1.82) is 0 Å². The molecular formula is C21H24ClFN6O2. The first-order valence-corrected chi connectivity index (χ1v) is 9.81. The maximum atomic E-state index is 13.2. The highest BCUT2D eigenvalue weighted by molar-refractivity contribution is 5.85. The highest BCUT2D eigenvalue weighted by Crippen LogP contribution is 2.22. The molecule has 164 valence electrons. The summed E-state index contributed by atoms with van der Waals surface area (Å²) < 4.78 is 24.1. The van der Waals surface area contributed by atoms with E-state index in [2.05, 4.69) is 25.6 Å². The van der Waals surface area contributed by atoms with Crippen LogP contribution < -0.4 is 20.3 Å². The third-order valence-electron chi connectivity index (χ3n) is 4.44. The Kier molecular flexibility index (Phi) is 7.80. The van der Waals surface area contributed by atoms with Crippen LogP contribution in [-0.4, -0.2) is 47.9 Å². The van der Waals surface area contributed by atoms with Gasteiger partial charge in [0.1, 0.15) is 11.6 Å². The second kappa shape index (κ2) is 10.7. The molecule has 31 heavy (non-hydrogen) atoms. The third kappa shape index (κ3) is 6.16. The number of ether oxygens (including phenoxy) is 2. The van der Waals surface area contributed by atoms with E-state index in [1.807, 2.05) is 36.1 Å². The first-order valence-electron chi connectivity index (χ1n) is 9.81. The lowest BCUT2D eigenvalue weighted by Crippen LogP contribution is -2.37. The fourth-order valence-electron chi connectivity index (χ4n) is 2.97. The summed E-state index contributed by atoms with van der Waals surface area (Å²) in [6, 6.07) is 13.6. The maximum Gasteiger partial charge on any atom is 0.233 e. The Balaban J connectivity index is 0.00000272. The number of hydrogen-bond acceptors (Lipinski definition) is 8. The Labute approximate surface area is 186 Å². The van der Waals surface area contributed by atoms with Crippen LogP contribution in [0.1, 0.15) is 6.92 Å². The van der Waals surface area contributed by atoms with E-state index in [0.717, 1.165) is 11.4 Å². The van der Waals surface area contributed by atoms with Crippen molar-refractivity contribution in [2.75, 3.05) is 48.4 Å². The number of aromatic nitrogens is 3. The third-order valence-corrected chi connectivity index (χ3v) is 4.44. The van der Waals surface area contributed by atoms with Gasteiger partial charge in [-0.2, -0.15) is 15.0 Å². The molecule has 0 saturated carbocycles. The molecule has 3 aromatic rings. The normalized spacial score (nSPS) is 13.3. The van der Waals surface area contributed by atoms with Crippen LogP contribution in [0.25, 0.3) is 0 Å². The van der Waals surface area contributed by atoms with Crippen LogP contribution in [-0.2, 0) is 4.74 Å². The molecule has 0 amide bonds. The van der Waals surface area contributed by atoms with Crippen LogP contribution in [0.4, 0.5) is 33.6 Å². The summed E-state index contributed by atoms with van der Waals surface area (Å²) in [7, 11) is 0. The van der Waals surface area contributed by atoms with Crippen LogP contribution in [0.2, 0.25) is 0 Å². The zero-order valence-electron chi connectivity index (χ0n) is 17.0. The van der Waals surface area contributed by atoms with Crippen molar-refractivity contribution in [2.45, 2.75) is 6.92 Å². The summed E-state index contributed by atoms with van der Waals surface area (Å²) in [4.78, 5) is 15.6. The van der Waals surface area contributed by atoms with Gasteiger partial charge in [0.15, 0.2) is 0 Å². The molecule has 1 aliphatic rings. The molecule has 0 atom stereocenters. The first-order chi connectivity index (χ1) is 14.7. The first kappa shape index (κ1) is 22.5. The maximum absolute atomic E-state index is 13.2. The predicted molar refractivity (Wildman–Crippen MR) is 121 cm³/mol. The lowest BCUT2D eigenvalue weighted by molar-refractivity contribution is 0.122. The Bertz CT molecular complexity index is 969. The number of benzene rings is 2. The minimum atomic E-state index is -0.303. The van der Waals surface area contributed by atoms with E-state index in [1.165, 1.54) is 12.1 Å². The second-order valence-corrected chi connectivity index (χ2v) is 6.60. The van der Waals surface area contributed by atoms with Gasteiger partial charge in [0.2, 0.25) is 17.8 Å². The number of anilines is 5. The Morgan fingerprint density at radius 3 is 2.00 bits per heavy atom. The van der Waals surface area contributed by atoms with Gasteiger partial charge in [-0.25, -0.2) is 4.39 Å². The van der Waals surface area contributed by atoms with E-state index >= 15 is 0 Å². The molecule has 0 spiro atoms. The molecule has 1 aliphatic heterocycles. The van der Waals surface area contributed by atoms with Gasteiger partial charge in [-0.15, -0.1) is 12.4 Å². The van der Waals surface area contributed by atoms with Crippen LogP contribution in [0.3, 0.4) is 0 Å². The van der Waals surface area contributed by atoms with E-state index in [9.17, 15) is 4.39 Å². The summed E-state index contributed by atoms with van der Waals surface area (Å²) in [6.07, 6.45) is 0. The highest BCUT2D eigenvalue weighted by atomic mass is 35.5. The quantitative estimate of drug-likeness (QED) is 0.559. The molecule has 0 unspecified atom stereocenters. The van der Waals surface area contributed by atoms with Crippen molar-refractivity contribution in [3.05, 3.63) is 54.3 Å². The van der Waals surface area contributed by atoms with Crippen LogP contribution in [0.5, 0.6) is 5.75 Å². The topological polar surface area (TPSA) is 84.4 Å². The molecule has 4 rings (SSSR count). The van der Waals surface area contributed by atoms with Gasteiger partial charge in [-0.3, -0.25) is 0 Å². The van der Waals surface area contributed by atoms with Gasteiger partial charge in [-0.05, 0) is 55.5 Å². The molecule has 2 heterocycles. The van der Waals surface area contributed by atoms with Gasteiger partial charge in [0.05, 0.1) is 19.8 Å². The van der Waals surface area contributed by atoms with E-state index in [-0.39, 0.29) is 18.2 Å². The van der Waals surface area contributed by atoms with Crippen molar-refractivity contribution in [1.82, 2.24) is 15.0 Å². The van der Waals surface area contributed by atoms with Crippen molar-refractivity contribution < 1.29 is 13.9 Å². The average molecular weight is 447 g/mol. The van der Waals surface area contributed by atoms with Crippen LogP contribution in [0.15, 0.2) is 48.5 Å². The smallest absolute Gasteiger partial charge is 0.233 e. The SMILES string of the molecule is CCOc1ccc(Nc2nc(Nc3ccc(F)cc3)nc(N3CCOCC3)n2)cc1.Cl. The molecule has 0 bridgehead atoms. The van der Waals surface area contributed by atoms with Crippen LogP contribution in [0, 0.1) is 5.82 Å². The van der Waals surface area contributed by atoms with Gasteiger partial charge in [-0.1, -0.05) is 0 Å². The molecule has 1 aromatic heterocycles. The number of nitrogens with zero attached hydrogens (tertiary/aromatic N) is 4. The zero-order chi connectivity index (χ0) is 20.8. The summed E-state index contributed by atoms with van der Waals surface area (Å²) >= 11 is 0. The molecule has 2 N–H and O–H groups in total. The second-order valence-electron chi connectivity index (χ2n) is 6.60. The lowest BCUT2D eigenvalue weighted by Gasteiger charge is -2.27. The Morgan fingerprint density at radius 1 is 0.903 bits per heavy atom. The van der Waals surface area contributed by atoms with Gasteiger partial charge in [0, 0.05) is 24.5 Å². The minimum absolute atomic E-state index is 0. The van der Waals surface area contributed by atoms with Crippen molar-refractivity contribution in [2.24, 2.45) is 0 Å². The number of halogens is 2. The van der Waals surface area contributed by atoms with Gasteiger partial charge < -0.3 is 25.0 Å². The fourth-order valence-corrected chi connectivity index (χ4v) is 2.97. The summed E-state index contributed by atoms with van der Waals surface area (Å²) in [6.45, 7) is 5.19. The molecule has 2 aromatic carbocycles. The summed E-state index contributed by atoms with van der Waals surface area (Å²) in [5, 5.41) is 6.33. The number of hydrogen-bond donors (Lipinski definition) is 2. The lowest BCUT2D eigenvalue weighted by atomic mass is 10.3. The van der Waals surface area contributed by atoms with Crippen molar-refractivity contribution in [3.8, 4) is 5.75 Å². The Hall–Kier alpha value is -3.17. The van der Waals surface area contributed by atoms with Crippen molar-refractivity contribution >= 4 is 41.6 Å². The monoisotopic (exact) mass is 446 g/mol. The van der Waals surface area contributed by atoms with E-state index in [4.69, 9.17) is 9.47 Å². The van der Waals surface area contributed by atoms with Gasteiger partial charge in [0.25, 0.3) is 0 Å². The average Bonchev–Trinajstić information content (AvgIpc) is 2.77. The number of rotatable bonds is 7. The van der Waals surface area contributed by atoms with E-state index in [0.29, 0.717) is 56.4 Å². The van der Waals surface area contributed by atoms with E-state index < -0.39 is 0 Å². The molecule has 0 aliphatic carbocycles. The number of nitrogens with one attached hydrogen (secondary N) is 2. The molecule has 8 nitrogen and oxygen atoms in total.